The largest absolute Gasteiger partial charge is 0.416 e. The Labute approximate surface area is 118 Å². The van der Waals surface area contributed by atoms with Crippen molar-refractivity contribution in [3.63, 3.8) is 0 Å². The van der Waals surface area contributed by atoms with Crippen LogP contribution in [0.4, 0.5) is 13.2 Å². The minimum Gasteiger partial charge on any atom is -0.304 e. The number of aromatic nitrogens is 2. The van der Waals surface area contributed by atoms with Crippen LogP contribution in [0.25, 0.3) is 0 Å². The van der Waals surface area contributed by atoms with E-state index in [4.69, 9.17) is 0 Å². The zero-order valence-electron chi connectivity index (χ0n) is 11.0. The monoisotopic (exact) mass is 301 g/mol. The lowest BCUT2D eigenvalue weighted by Gasteiger charge is -2.18. The fourth-order valence-corrected chi connectivity index (χ4v) is 2.55. The van der Waals surface area contributed by atoms with E-state index in [1.165, 1.54) is 23.5 Å². The van der Waals surface area contributed by atoms with E-state index in [2.05, 4.69) is 15.5 Å². The Kier molecular flexibility index (Phi) is 4.39. The Morgan fingerprint density at radius 3 is 2.55 bits per heavy atom. The second-order valence-corrected chi connectivity index (χ2v) is 5.67. The summed E-state index contributed by atoms with van der Waals surface area (Å²) in [5, 5.41) is 12.5. The molecule has 0 aliphatic heterocycles. The van der Waals surface area contributed by atoms with Gasteiger partial charge in [-0.2, -0.15) is 13.2 Å². The van der Waals surface area contributed by atoms with Crippen LogP contribution >= 0.6 is 11.3 Å². The van der Waals surface area contributed by atoms with Crippen LogP contribution in [0.2, 0.25) is 0 Å². The van der Waals surface area contributed by atoms with E-state index < -0.39 is 17.8 Å². The highest BCUT2D eigenvalue weighted by molar-refractivity contribution is 7.11. The maximum Gasteiger partial charge on any atom is 0.416 e. The lowest BCUT2D eigenvalue weighted by molar-refractivity contribution is -0.138. The number of rotatable bonds is 4. The van der Waals surface area contributed by atoms with E-state index >= 15 is 0 Å². The van der Waals surface area contributed by atoms with Crippen molar-refractivity contribution >= 4 is 11.3 Å². The van der Waals surface area contributed by atoms with Gasteiger partial charge >= 0.3 is 6.18 Å². The van der Waals surface area contributed by atoms with Gasteiger partial charge < -0.3 is 5.32 Å². The van der Waals surface area contributed by atoms with Gasteiger partial charge in [-0.05, 0) is 25.5 Å². The molecule has 7 heteroatoms. The van der Waals surface area contributed by atoms with Gasteiger partial charge in [0.15, 0.2) is 0 Å². The highest BCUT2D eigenvalue weighted by Crippen LogP contribution is 2.34. The number of hydrogen-bond acceptors (Lipinski definition) is 4. The highest BCUT2D eigenvalue weighted by atomic mass is 32.1. The zero-order valence-corrected chi connectivity index (χ0v) is 11.8. The zero-order chi connectivity index (χ0) is 14.8. The predicted molar refractivity (Wildman–Crippen MR) is 71.3 cm³/mol. The average molecular weight is 301 g/mol. The first-order chi connectivity index (χ1) is 9.38. The minimum absolute atomic E-state index is 0.237. The molecule has 0 spiro atoms. The van der Waals surface area contributed by atoms with Crippen LogP contribution in [0, 0.1) is 6.92 Å². The number of aryl methyl sites for hydroxylation is 1. The fraction of sp³-hybridized carbons (Fsp3) is 0.385. The molecular weight excluding hydrogens is 287 g/mol. The average Bonchev–Trinajstić information content (AvgIpc) is 2.81. The molecule has 0 radical (unpaired) electrons. The van der Waals surface area contributed by atoms with Crippen molar-refractivity contribution < 1.29 is 13.2 Å². The molecule has 1 heterocycles. The first-order valence-electron chi connectivity index (χ1n) is 6.06. The van der Waals surface area contributed by atoms with Crippen molar-refractivity contribution in [2.45, 2.75) is 32.6 Å². The Balaban J connectivity index is 2.11. The van der Waals surface area contributed by atoms with Crippen LogP contribution in [0.1, 0.15) is 34.1 Å². The molecule has 3 nitrogen and oxygen atoms in total. The van der Waals surface area contributed by atoms with Gasteiger partial charge in [-0.3, -0.25) is 0 Å². The number of hydrogen-bond donors (Lipinski definition) is 1. The lowest BCUT2D eigenvalue weighted by atomic mass is 10.0. The maximum absolute atomic E-state index is 12.9. The lowest BCUT2D eigenvalue weighted by Crippen LogP contribution is -2.21. The molecule has 0 fully saturated rings. The summed E-state index contributed by atoms with van der Waals surface area (Å²) in [5.41, 5.74) is -0.366. The third kappa shape index (κ3) is 3.55. The second-order valence-electron chi connectivity index (χ2n) is 4.40. The van der Waals surface area contributed by atoms with E-state index in [0.717, 1.165) is 16.1 Å². The summed E-state index contributed by atoms with van der Waals surface area (Å²) < 4.78 is 38.8. The molecule has 108 valence electrons. The van der Waals surface area contributed by atoms with Crippen molar-refractivity contribution in [3.05, 3.63) is 45.4 Å². The maximum atomic E-state index is 12.9. The Hall–Kier alpha value is -1.47. The quantitative estimate of drug-likeness (QED) is 0.935. The molecule has 0 saturated heterocycles. The van der Waals surface area contributed by atoms with Crippen LogP contribution in [0.15, 0.2) is 24.3 Å². The van der Waals surface area contributed by atoms with Crippen LogP contribution in [-0.4, -0.2) is 10.2 Å². The number of nitrogens with zero attached hydrogens (tertiary/aromatic N) is 2. The highest BCUT2D eigenvalue weighted by Gasteiger charge is 2.34. The molecule has 0 bridgehead atoms. The van der Waals surface area contributed by atoms with Gasteiger partial charge in [-0.15, -0.1) is 21.5 Å². The molecule has 1 aromatic heterocycles. The standard InChI is InChI=1S/C13H14F3N3S/c1-8(17-7-12-19-18-9(2)20-12)10-5-3-4-6-11(10)13(14,15)16/h3-6,8,17H,7H2,1-2H3/t8-/m0/s1. The van der Waals surface area contributed by atoms with Gasteiger partial charge in [0.1, 0.15) is 10.0 Å². The van der Waals surface area contributed by atoms with Crippen LogP contribution in [-0.2, 0) is 12.7 Å². The predicted octanol–water partition coefficient (Wildman–Crippen LogP) is 3.72. The van der Waals surface area contributed by atoms with E-state index in [-0.39, 0.29) is 5.56 Å². The van der Waals surface area contributed by atoms with Crippen molar-refractivity contribution in [3.8, 4) is 0 Å². The Morgan fingerprint density at radius 1 is 1.25 bits per heavy atom. The number of nitrogens with one attached hydrogen (secondary N) is 1. The number of halogens is 3. The molecule has 0 saturated carbocycles. The molecule has 0 amide bonds. The van der Waals surface area contributed by atoms with E-state index in [1.807, 2.05) is 6.92 Å². The van der Waals surface area contributed by atoms with Crippen molar-refractivity contribution in [2.75, 3.05) is 0 Å². The third-order valence-corrected chi connectivity index (χ3v) is 3.70. The van der Waals surface area contributed by atoms with Crippen LogP contribution in [0.3, 0.4) is 0 Å². The summed E-state index contributed by atoms with van der Waals surface area (Å²) in [7, 11) is 0. The molecule has 2 rings (SSSR count). The molecule has 1 N–H and O–H groups in total. The molecular formula is C13H14F3N3S. The molecule has 20 heavy (non-hydrogen) atoms. The molecule has 0 unspecified atom stereocenters. The van der Waals surface area contributed by atoms with Gasteiger partial charge in [-0.25, -0.2) is 0 Å². The first-order valence-corrected chi connectivity index (χ1v) is 6.88. The van der Waals surface area contributed by atoms with E-state index in [9.17, 15) is 13.2 Å². The van der Waals surface area contributed by atoms with E-state index in [0.29, 0.717) is 6.54 Å². The Bertz CT molecular complexity index is 580. The summed E-state index contributed by atoms with van der Waals surface area (Å²) in [6.45, 7) is 3.95. The summed E-state index contributed by atoms with van der Waals surface area (Å²) >= 11 is 1.43. The van der Waals surface area contributed by atoms with Gasteiger partial charge in [0, 0.05) is 6.04 Å². The van der Waals surface area contributed by atoms with Gasteiger partial charge in [0.2, 0.25) is 0 Å². The van der Waals surface area contributed by atoms with Crippen LogP contribution in [0.5, 0.6) is 0 Å². The summed E-state index contributed by atoms with van der Waals surface area (Å²) in [6.07, 6.45) is -4.34. The molecule has 0 aliphatic rings. The Morgan fingerprint density at radius 2 is 1.95 bits per heavy atom. The number of benzene rings is 1. The van der Waals surface area contributed by atoms with Crippen molar-refractivity contribution in [1.82, 2.24) is 15.5 Å². The third-order valence-electron chi connectivity index (χ3n) is 2.86. The molecule has 1 atom stereocenters. The summed E-state index contributed by atoms with van der Waals surface area (Å²) in [4.78, 5) is 0. The molecule has 1 aromatic carbocycles. The van der Waals surface area contributed by atoms with Gasteiger partial charge in [0.05, 0.1) is 12.1 Å². The molecule has 2 aromatic rings. The second kappa shape index (κ2) is 5.88. The summed E-state index contributed by atoms with van der Waals surface area (Å²) in [5.74, 6) is 0. The normalized spacial score (nSPS) is 13.4. The minimum atomic E-state index is -4.34. The first kappa shape index (κ1) is 14.9. The smallest absolute Gasteiger partial charge is 0.304 e. The topological polar surface area (TPSA) is 37.8 Å². The SMILES string of the molecule is Cc1nnc(CN[C@@H](C)c2ccccc2C(F)(F)F)s1. The van der Waals surface area contributed by atoms with Crippen LogP contribution < -0.4 is 5.32 Å². The fourth-order valence-electron chi connectivity index (χ4n) is 1.89. The van der Waals surface area contributed by atoms with Crippen molar-refractivity contribution in [2.24, 2.45) is 0 Å². The van der Waals surface area contributed by atoms with Gasteiger partial charge in [-0.1, -0.05) is 18.2 Å². The van der Waals surface area contributed by atoms with E-state index in [1.54, 1.807) is 13.0 Å². The van der Waals surface area contributed by atoms with Gasteiger partial charge in [0.25, 0.3) is 0 Å². The number of alkyl halides is 3. The molecule has 0 aliphatic carbocycles. The van der Waals surface area contributed by atoms with Crippen molar-refractivity contribution in [1.29, 1.82) is 0 Å². The summed E-state index contributed by atoms with van der Waals surface area (Å²) in [6, 6.07) is 5.18.